The minimum atomic E-state index is 0.469. The first-order valence-electron chi connectivity index (χ1n) is 6.95. The first-order chi connectivity index (χ1) is 9.26. The van der Waals surface area contributed by atoms with Crippen LogP contribution in [0.5, 0.6) is 5.75 Å². The molecule has 1 N–H and O–H groups in total. The fourth-order valence-electron chi connectivity index (χ4n) is 2.54. The number of nitrogens with zero attached hydrogens (tertiary/aromatic N) is 1. The van der Waals surface area contributed by atoms with Gasteiger partial charge in [-0.25, -0.2) is 4.98 Å². The van der Waals surface area contributed by atoms with Gasteiger partial charge in [-0.15, -0.1) is 0 Å². The molecule has 1 fully saturated rings. The molecule has 0 spiro atoms. The van der Waals surface area contributed by atoms with E-state index in [0.29, 0.717) is 6.04 Å². The van der Waals surface area contributed by atoms with Crippen molar-refractivity contribution in [1.29, 1.82) is 0 Å². The third kappa shape index (κ3) is 2.80. The third-order valence-electron chi connectivity index (χ3n) is 3.74. The number of rotatable bonds is 5. The third-order valence-corrected chi connectivity index (χ3v) is 3.74. The SMILES string of the molecule is COc1ccc2ccnc(NC(C)CC3CC3)c2c1. The predicted molar refractivity (Wildman–Crippen MR) is 78.7 cm³/mol. The molecule has 0 aliphatic heterocycles. The van der Waals surface area contributed by atoms with Crippen LogP contribution in [-0.2, 0) is 0 Å². The molecule has 1 atom stereocenters. The van der Waals surface area contributed by atoms with Crippen molar-refractivity contribution in [3.05, 3.63) is 30.5 Å². The molecule has 0 bridgehead atoms. The Bertz CT molecular complexity index is 578. The van der Waals surface area contributed by atoms with E-state index in [4.69, 9.17) is 4.74 Å². The highest BCUT2D eigenvalue weighted by atomic mass is 16.5. The van der Waals surface area contributed by atoms with Gasteiger partial charge in [-0.1, -0.05) is 18.9 Å². The summed E-state index contributed by atoms with van der Waals surface area (Å²) in [4.78, 5) is 4.48. The van der Waals surface area contributed by atoms with Gasteiger partial charge in [0.05, 0.1) is 7.11 Å². The predicted octanol–water partition coefficient (Wildman–Crippen LogP) is 3.84. The molecule has 1 unspecified atom stereocenters. The van der Waals surface area contributed by atoms with Crippen LogP contribution in [-0.4, -0.2) is 18.1 Å². The fourth-order valence-corrected chi connectivity index (χ4v) is 2.54. The molecule has 0 radical (unpaired) electrons. The van der Waals surface area contributed by atoms with Crippen molar-refractivity contribution in [2.24, 2.45) is 5.92 Å². The van der Waals surface area contributed by atoms with E-state index in [1.807, 2.05) is 18.3 Å². The summed E-state index contributed by atoms with van der Waals surface area (Å²) in [5.74, 6) is 2.76. The van der Waals surface area contributed by atoms with Crippen molar-refractivity contribution < 1.29 is 4.74 Å². The van der Waals surface area contributed by atoms with Crippen molar-refractivity contribution in [3.63, 3.8) is 0 Å². The first kappa shape index (κ1) is 12.3. The molecule has 1 aromatic carbocycles. The summed E-state index contributed by atoms with van der Waals surface area (Å²) in [6, 6.07) is 8.61. The molecular weight excluding hydrogens is 236 g/mol. The van der Waals surface area contributed by atoms with Gasteiger partial charge in [0.15, 0.2) is 0 Å². The molecular formula is C16H20N2O. The number of anilines is 1. The van der Waals surface area contributed by atoms with E-state index >= 15 is 0 Å². The Morgan fingerprint density at radius 3 is 2.95 bits per heavy atom. The Balaban J connectivity index is 1.88. The molecule has 1 aliphatic carbocycles. The summed E-state index contributed by atoms with van der Waals surface area (Å²) in [6.07, 6.45) is 5.88. The molecule has 0 amide bonds. The summed E-state index contributed by atoms with van der Waals surface area (Å²) in [5, 5.41) is 5.86. The van der Waals surface area contributed by atoms with Crippen LogP contribution in [0.25, 0.3) is 10.8 Å². The minimum absolute atomic E-state index is 0.469. The number of hydrogen-bond acceptors (Lipinski definition) is 3. The zero-order chi connectivity index (χ0) is 13.2. The van der Waals surface area contributed by atoms with Gasteiger partial charge in [0.25, 0.3) is 0 Å². The van der Waals surface area contributed by atoms with Crippen LogP contribution in [0.2, 0.25) is 0 Å². The Labute approximate surface area is 114 Å². The Morgan fingerprint density at radius 1 is 1.37 bits per heavy atom. The van der Waals surface area contributed by atoms with Gasteiger partial charge in [-0.2, -0.15) is 0 Å². The normalized spacial score (nSPS) is 16.3. The van der Waals surface area contributed by atoms with Crippen molar-refractivity contribution >= 4 is 16.6 Å². The van der Waals surface area contributed by atoms with Gasteiger partial charge in [0.2, 0.25) is 0 Å². The highest BCUT2D eigenvalue weighted by Crippen LogP contribution is 2.34. The summed E-state index contributed by atoms with van der Waals surface area (Å²) in [7, 11) is 1.69. The summed E-state index contributed by atoms with van der Waals surface area (Å²) < 4.78 is 5.30. The van der Waals surface area contributed by atoms with Gasteiger partial charge in [-0.3, -0.25) is 0 Å². The maximum absolute atomic E-state index is 5.30. The smallest absolute Gasteiger partial charge is 0.134 e. The van der Waals surface area contributed by atoms with Crippen molar-refractivity contribution in [2.75, 3.05) is 12.4 Å². The lowest BCUT2D eigenvalue weighted by atomic mass is 10.1. The number of ether oxygens (including phenoxy) is 1. The number of methoxy groups -OCH3 is 1. The van der Waals surface area contributed by atoms with E-state index in [9.17, 15) is 0 Å². The van der Waals surface area contributed by atoms with E-state index < -0.39 is 0 Å². The Kier molecular flexibility index (Phi) is 3.28. The van der Waals surface area contributed by atoms with E-state index in [2.05, 4.69) is 29.4 Å². The lowest BCUT2D eigenvalue weighted by Crippen LogP contribution is -2.16. The number of nitrogens with one attached hydrogen (secondary N) is 1. The molecule has 2 aromatic rings. The highest BCUT2D eigenvalue weighted by Gasteiger charge is 2.23. The van der Waals surface area contributed by atoms with Crippen LogP contribution in [0.15, 0.2) is 30.5 Å². The van der Waals surface area contributed by atoms with E-state index in [1.165, 1.54) is 24.6 Å². The quantitative estimate of drug-likeness (QED) is 0.882. The number of hydrogen-bond donors (Lipinski definition) is 1. The first-order valence-corrected chi connectivity index (χ1v) is 6.95. The molecule has 1 saturated carbocycles. The average Bonchev–Trinajstić information content (AvgIpc) is 3.22. The minimum Gasteiger partial charge on any atom is -0.497 e. The second kappa shape index (κ2) is 5.08. The van der Waals surface area contributed by atoms with E-state index in [0.717, 1.165) is 22.9 Å². The van der Waals surface area contributed by atoms with Crippen molar-refractivity contribution in [2.45, 2.75) is 32.2 Å². The second-order valence-electron chi connectivity index (χ2n) is 5.47. The molecule has 3 heteroatoms. The lowest BCUT2D eigenvalue weighted by molar-refractivity contribution is 0.415. The second-order valence-corrected chi connectivity index (χ2v) is 5.47. The monoisotopic (exact) mass is 256 g/mol. The zero-order valence-electron chi connectivity index (χ0n) is 11.5. The molecule has 0 saturated heterocycles. The Morgan fingerprint density at radius 2 is 2.21 bits per heavy atom. The van der Waals surface area contributed by atoms with Crippen LogP contribution < -0.4 is 10.1 Å². The molecule has 19 heavy (non-hydrogen) atoms. The van der Waals surface area contributed by atoms with Gasteiger partial charge in [0.1, 0.15) is 11.6 Å². The van der Waals surface area contributed by atoms with Crippen LogP contribution in [0.1, 0.15) is 26.2 Å². The summed E-state index contributed by atoms with van der Waals surface area (Å²) in [5.41, 5.74) is 0. The number of pyridine rings is 1. The standard InChI is InChI=1S/C16H20N2O/c1-11(9-12-3-4-12)18-16-15-10-14(19-2)6-5-13(15)7-8-17-16/h5-8,10-12H,3-4,9H2,1-2H3,(H,17,18). The number of aromatic nitrogens is 1. The summed E-state index contributed by atoms with van der Waals surface area (Å²) in [6.45, 7) is 2.24. The number of fused-ring (bicyclic) bond motifs is 1. The Hall–Kier alpha value is -1.77. The highest BCUT2D eigenvalue weighted by molar-refractivity contribution is 5.92. The van der Waals surface area contributed by atoms with Gasteiger partial charge in [-0.05, 0) is 42.8 Å². The van der Waals surface area contributed by atoms with Gasteiger partial charge in [0, 0.05) is 17.6 Å². The maximum atomic E-state index is 5.30. The largest absolute Gasteiger partial charge is 0.497 e. The van der Waals surface area contributed by atoms with Crippen LogP contribution in [0.3, 0.4) is 0 Å². The molecule has 1 aliphatic rings. The molecule has 3 nitrogen and oxygen atoms in total. The van der Waals surface area contributed by atoms with E-state index in [-0.39, 0.29) is 0 Å². The van der Waals surface area contributed by atoms with Gasteiger partial charge < -0.3 is 10.1 Å². The zero-order valence-corrected chi connectivity index (χ0v) is 11.5. The summed E-state index contributed by atoms with van der Waals surface area (Å²) >= 11 is 0. The van der Waals surface area contributed by atoms with Crippen LogP contribution in [0, 0.1) is 5.92 Å². The molecule has 1 heterocycles. The van der Waals surface area contributed by atoms with Crippen molar-refractivity contribution in [3.8, 4) is 5.75 Å². The average molecular weight is 256 g/mol. The molecule has 1 aromatic heterocycles. The molecule has 100 valence electrons. The topological polar surface area (TPSA) is 34.1 Å². The van der Waals surface area contributed by atoms with Crippen LogP contribution in [0.4, 0.5) is 5.82 Å². The fraction of sp³-hybridized carbons (Fsp3) is 0.438. The van der Waals surface area contributed by atoms with E-state index in [1.54, 1.807) is 7.11 Å². The van der Waals surface area contributed by atoms with Crippen LogP contribution >= 0.6 is 0 Å². The molecule has 3 rings (SSSR count). The lowest BCUT2D eigenvalue weighted by Gasteiger charge is -2.16. The van der Waals surface area contributed by atoms with Crippen molar-refractivity contribution in [1.82, 2.24) is 4.98 Å². The number of benzene rings is 1. The maximum Gasteiger partial charge on any atom is 0.134 e. The van der Waals surface area contributed by atoms with Gasteiger partial charge >= 0.3 is 0 Å².